The lowest BCUT2D eigenvalue weighted by molar-refractivity contribution is -0.155. The first kappa shape index (κ1) is 17.7. The average Bonchev–Trinajstić information content (AvgIpc) is 3.22. The fourth-order valence-electron chi connectivity index (χ4n) is 2.57. The Morgan fingerprint density at radius 3 is 2.77 bits per heavy atom. The Kier molecular flexibility index (Phi) is 5.02. The van der Waals surface area contributed by atoms with Gasteiger partial charge in [-0.1, -0.05) is 0 Å². The van der Waals surface area contributed by atoms with Crippen LogP contribution in [0.15, 0.2) is 23.4 Å². The topological polar surface area (TPSA) is 140 Å². The summed E-state index contributed by atoms with van der Waals surface area (Å²) in [6.07, 6.45) is 0.960. The van der Waals surface area contributed by atoms with E-state index in [4.69, 9.17) is 14.2 Å². The van der Waals surface area contributed by atoms with Crippen LogP contribution in [0.4, 0.5) is 0 Å². The van der Waals surface area contributed by atoms with Crippen LogP contribution < -0.4 is 5.69 Å². The molecule has 1 saturated heterocycles. The van der Waals surface area contributed by atoms with Gasteiger partial charge >= 0.3 is 17.6 Å². The van der Waals surface area contributed by atoms with Crippen molar-refractivity contribution in [2.75, 3.05) is 6.61 Å². The lowest BCUT2D eigenvalue weighted by atomic mass is 10.2. The van der Waals surface area contributed by atoms with Crippen LogP contribution in [0.3, 0.4) is 0 Å². The van der Waals surface area contributed by atoms with E-state index in [0.717, 1.165) is 0 Å². The van der Waals surface area contributed by atoms with E-state index in [9.17, 15) is 14.4 Å². The smallest absolute Gasteiger partial charge is 0.351 e. The maximum absolute atomic E-state index is 12.3. The molecule has 0 aliphatic carbocycles. The predicted molar refractivity (Wildman–Crippen MR) is 81.9 cm³/mol. The molecule has 2 aromatic rings. The van der Waals surface area contributed by atoms with Crippen LogP contribution in [-0.2, 0) is 23.8 Å². The van der Waals surface area contributed by atoms with E-state index in [1.165, 1.54) is 35.6 Å². The molecule has 0 unspecified atom stereocenters. The van der Waals surface area contributed by atoms with Gasteiger partial charge in [0.2, 0.25) is 0 Å². The number of nitrogens with zero attached hydrogens (tertiary/aromatic N) is 6. The van der Waals surface area contributed by atoms with Gasteiger partial charge in [0.05, 0.1) is 0 Å². The van der Waals surface area contributed by atoms with E-state index in [-0.39, 0.29) is 18.8 Å². The Labute approximate surface area is 146 Å². The van der Waals surface area contributed by atoms with Crippen molar-refractivity contribution in [1.29, 1.82) is 0 Å². The van der Waals surface area contributed by atoms with Gasteiger partial charge in [-0.2, -0.15) is 9.67 Å². The van der Waals surface area contributed by atoms with Gasteiger partial charge in [0, 0.05) is 26.5 Å². The molecule has 0 saturated carbocycles. The quantitative estimate of drug-likeness (QED) is 0.607. The van der Waals surface area contributed by atoms with Crippen LogP contribution in [0.2, 0.25) is 0 Å². The number of tetrazole rings is 1. The Hall–Kier alpha value is -3.15. The minimum absolute atomic E-state index is 0.0886. The first-order valence-electron chi connectivity index (χ1n) is 7.72. The van der Waals surface area contributed by atoms with Crippen molar-refractivity contribution in [2.45, 2.75) is 38.7 Å². The maximum atomic E-state index is 12.3. The Morgan fingerprint density at radius 1 is 1.35 bits per heavy atom. The van der Waals surface area contributed by atoms with Crippen molar-refractivity contribution in [3.63, 3.8) is 0 Å². The molecule has 0 radical (unpaired) electrons. The van der Waals surface area contributed by atoms with E-state index in [1.807, 2.05) is 0 Å². The summed E-state index contributed by atoms with van der Waals surface area (Å²) >= 11 is 0. The van der Waals surface area contributed by atoms with Gasteiger partial charge in [-0.3, -0.25) is 14.2 Å². The molecule has 3 heterocycles. The predicted octanol–water partition coefficient (Wildman–Crippen LogP) is -0.999. The lowest BCUT2D eigenvalue weighted by Gasteiger charge is -2.17. The highest BCUT2D eigenvalue weighted by molar-refractivity contribution is 5.66. The van der Waals surface area contributed by atoms with Crippen molar-refractivity contribution in [3.05, 3.63) is 29.1 Å². The number of carbonyl (C=O) groups is 2. The van der Waals surface area contributed by atoms with Crippen molar-refractivity contribution in [1.82, 2.24) is 29.8 Å². The molecular weight excluding hydrogens is 348 g/mol. The molecule has 0 aromatic carbocycles. The monoisotopic (exact) mass is 364 g/mol. The molecule has 12 nitrogen and oxygen atoms in total. The standard InChI is InChI=1S/C14H16N6O6/c1-8(21)24-6-11-10(25-9(2)22)5-13(26-11)19-4-3-12(16-14(19)23)20-7-15-17-18-20/h3-4,7,10-11,13H,5-6H2,1-2H3/t10-,11+,13+/m0/s1. The second kappa shape index (κ2) is 7.39. The zero-order valence-corrected chi connectivity index (χ0v) is 14.0. The zero-order chi connectivity index (χ0) is 18.7. The lowest BCUT2D eigenvalue weighted by Crippen LogP contribution is -2.31. The Balaban J connectivity index is 1.79. The van der Waals surface area contributed by atoms with Crippen molar-refractivity contribution >= 4 is 11.9 Å². The van der Waals surface area contributed by atoms with Crippen LogP contribution in [0.25, 0.3) is 5.82 Å². The number of hydrogen-bond donors (Lipinski definition) is 0. The fraction of sp³-hybridized carbons (Fsp3) is 0.500. The Bertz CT molecular complexity index is 850. The Morgan fingerprint density at radius 2 is 2.15 bits per heavy atom. The molecule has 1 fully saturated rings. The summed E-state index contributed by atoms with van der Waals surface area (Å²) in [5.41, 5.74) is -0.585. The molecule has 1 aliphatic rings. The fourth-order valence-corrected chi connectivity index (χ4v) is 2.57. The number of aromatic nitrogens is 6. The number of rotatable bonds is 5. The third-order valence-electron chi connectivity index (χ3n) is 3.66. The highest BCUT2D eigenvalue weighted by Gasteiger charge is 2.39. The molecule has 26 heavy (non-hydrogen) atoms. The van der Waals surface area contributed by atoms with Gasteiger partial charge in [0.25, 0.3) is 0 Å². The third kappa shape index (κ3) is 3.91. The number of hydrogen-bond acceptors (Lipinski definition) is 10. The van der Waals surface area contributed by atoms with E-state index in [2.05, 4.69) is 20.5 Å². The van der Waals surface area contributed by atoms with Crippen LogP contribution >= 0.6 is 0 Å². The second-order valence-electron chi connectivity index (χ2n) is 5.55. The molecule has 0 N–H and O–H groups in total. The first-order chi connectivity index (χ1) is 12.4. The highest BCUT2D eigenvalue weighted by atomic mass is 16.6. The molecule has 0 bridgehead atoms. The minimum atomic E-state index is -0.720. The van der Waals surface area contributed by atoms with E-state index in [1.54, 1.807) is 6.07 Å². The largest absolute Gasteiger partial charge is 0.463 e. The SMILES string of the molecule is CC(=O)OC[C@H]1O[C@@H](n2ccc(-n3cnnn3)nc2=O)C[C@@H]1OC(C)=O. The van der Waals surface area contributed by atoms with Crippen molar-refractivity contribution < 1.29 is 23.8 Å². The summed E-state index contributed by atoms with van der Waals surface area (Å²) in [6.45, 7) is 2.44. The summed E-state index contributed by atoms with van der Waals surface area (Å²) in [5, 5.41) is 10.6. The van der Waals surface area contributed by atoms with E-state index in [0.29, 0.717) is 0 Å². The third-order valence-corrected chi connectivity index (χ3v) is 3.66. The normalized spacial score (nSPS) is 22.2. The molecule has 138 valence electrons. The van der Waals surface area contributed by atoms with Gasteiger partial charge in [0.15, 0.2) is 5.82 Å². The molecule has 1 aliphatic heterocycles. The molecule has 0 amide bonds. The first-order valence-corrected chi connectivity index (χ1v) is 7.72. The van der Waals surface area contributed by atoms with E-state index >= 15 is 0 Å². The van der Waals surface area contributed by atoms with Gasteiger partial charge < -0.3 is 14.2 Å². The number of ether oxygens (including phenoxy) is 3. The van der Waals surface area contributed by atoms with Crippen LogP contribution in [0, 0.1) is 0 Å². The molecule has 0 spiro atoms. The van der Waals surface area contributed by atoms with Crippen LogP contribution in [-0.4, -0.2) is 60.5 Å². The van der Waals surface area contributed by atoms with Gasteiger partial charge in [-0.05, 0) is 16.5 Å². The zero-order valence-electron chi connectivity index (χ0n) is 14.0. The second-order valence-corrected chi connectivity index (χ2v) is 5.55. The molecule has 2 aromatic heterocycles. The maximum Gasteiger partial charge on any atom is 0.351 e. The van der Waals surface area contributed by atoms with Gasteiger partial charge in [0.1, 0.15) is 31.4 Å². The molecule has 12 heteroatoms. The molecular formula is C14H16N6O6. The number of carbonyl (C=O) groups excluding carboxylic acids is 2. The van der Waals surface area contributed by atoms with Crippen LogP contribution in [0.5, 0.6) is 0 Å². The van der Waals surface area contributed by atoms with Crippen molar-refractivity contribution in [3.8, 4) is 5.82 Å². The number of esters is 2. The molecule has 3 atom stereocenters. The highest BCUT2D eigenvalue weighted by Crippen LogP contribution is 2.30. The van der Waals surface area contributed by atoms with Crippen LogP contribution in [0.1, 0.15) is 26.5 Å². The summed E-state index contributed by atoms with van der Waals surface area (Å²) in [5.74, 6) is -0.725. The minimum Gasteiger partial charge on any atom is -0.463 e. The summed E-state index contributed by atoms with van der Waals surface area (Å²) in [4.78, 5) is 38.5. The summed E-state index contributed by atoms with van der Waals surface area (Å²) < 4.78 is 18.4. The van der Waals surface area contributed by atoms with E-state index < -0.39 is 36.1 Å². The van der Waals surface area contributed by atoms with Gasteiger partial charge in [-0.15, -0.1) is 5.10 Å². The average molecular weight is 364 g/mol. The van der Waals surface area contributed by atoms with Gasteiger partial charge in [-0.25, -0.2) is 4.79 Å². The van der Waals surface area contributed by atoms with Crippen molar-refractivity contribution in [2.24, 2.45) is 0 Å². The summed E-state index contributed by atoms with van der Waals surface area (Å²) in [7, 11) is 0. The molecule has 3 rings (SSSR count). The summed E-state index contributed by atoms with van der Waals surface area (Å²) in [6, 6.07) is 1.54.